The number of likely N-dealkylation sites (tertiary alicyclic amines) is 1. The lowest BCUT2D eigenvalue weighted by Crippen LogP contribution is -2.54. The average molecular weight is 198 g/mol. The van der Waals surface area contributed by atoms with Gasteiger partial charge in [-0.2, -0.15) is 0 Å². The molecule has 0 aromatic heterocycles. The molecular weight excluding hydrogens is 176 g/mol. The van der Waals surface area contributed by atoms with Gasteiger partial charge in [0.1, 0.15) is 0 Å². The van der Waals surface area contributed by atoms with Crippen LogP contribution in [0.4, 0.5) is 0 Å². The summed E-state index contributed by atoms with van der Waals surface area (Å²) >= 11 is 0. The lowest BCUT2D eigenvalue weighted by atomic mass is 10.0. The molecule has 2 fully saturated rings. The fourth-order valence-corrected chi connectivity index (χ4v) is 2.30. The average Bonchev–Trinajstić information content (AvgIpc) is 2.81. The van der Waals surface area contributed by atoms with Crippen LogP contribution in [0.5, 0.6) is 0 Å². The molecule has 82 valence electrons. The molecule has 3 nitrogen and oxygen atoms in total. The van der Waals surface area contributed by atoms with Crippen LogP contribution in [-0.4, -0.2) is 47.8 Å². The number of nitrogens with zero attached hydrogens (tertiary/aromatic N) is 1. The van der Waals surface area contributed by atoms with E-state index < -0.39 is 0 Å². The van der Waals surface area contributed by atoms with E-state index in [-0.39, 0.29) is 12.1 Å². The number of rotatable bonds is 5. The molecule has 1 atom stereocenters. The Kier molecular flexibility index (Phi) is 3.10. The van der Waals surface area contributed by atoms with E-state index in [1.165, 1.54) is 38.8 Å². The number of aliphatic hydroxyl groups excluding tert-OH is 1. The van der Waals surface area contributed by atoms with Crippen molar-refractivity contribution in [2.75, 3.05) is 26.2 Å². The summed E-state index contributed by atoms with van der Waals surface area (Å²) < 4.78 is 0. The van der Waals surface area contributed by atoms with Crippen molar-refractivity contribution in [1.82, 2.24) is 10.2 Å². The number of hydrogen-bond acceptors (Lipinski definition) is 3. The van der Waals surface area contributed by atoms with Crippen LogP contribution in [0.2, 0.25) is 0 Å². The second kappa shape index (κ2) is 4.17. The van der Waals surface area contributed by atoms with Gasteiger partial charge in [-0.3, -0.25) is 0 Å². The maximum Gasteiger partial charge on any atom is 0.0623 e. The molecule has 1 aliphatic heterocycles. The molecule has 3 heteroatoms. The molecule has 0 bridgehead atoms. The van der Waals surface area contributed by atoms with Crippen molar-refractivity contribution < 1.29 is 5.11 Å². The minimum atomic E-state index is -0.0779. The smallest absolute Gasteiger partial charge is 0.0623 e. The van der Waals surface area contributed by atoms with Crippen LogP contribution in [0, 0.1) is 0 Å². The van der Waals surface area contributed by atoms with Gasteiger partial charge in [-0.05, 0) is 45.7 Å². The highest BCUT2D eigenvalue weighted by molar-refractivity contribution is 4.94. The number of nitrogens with one attached hydrogen (secondary N) is 1. The summed E-state index contributed by atoms with van der Waals surface area (Å²) in [7, 11) is 0. The molecule has 1 heterocycles. The second-order valence-corrected chi connectivity index (χ2v) is 5.12. The van der Waals surface area contributed by atoms with E-state index in [0.717, 1.165) is 6.54 Å². The SMILES string of the molecule is CC(CO)(CN1CCCC1)NC1CC1. The summed E-state index contributed by atoms with van der Waals surface area (Å²) in [6.45, 7) is 5.81. The van der Waals surface area contributed by atoms with Gasteiger partial charge in [-0.15, -0.1) is 0 Å². The Morgan fingerprint density at radius 2 is 2.00 bits per heavy atom. The third kappa shape index (κ3) is 2.69. The molecule has 1 aliphatic carbocycles. The molecule has 0 aromatic carbocycles. The summed E-state index contributed by atoms with van der Waals surface area (Å²) in [5.74, 6) is 0. The Balaban J connectivity index is 1.82. The summed E-state index contributed by atoms with van der Waals surface area (Å²) in [6, 6.07) is 0.676. The maximum atomic E-state index is 9.43. The fraction of sp³-hybridized carbons (Fsp3) is 1.00. The molecule has 2 N–H and O–H groups in total. The normalized spacial score (nSPS) is 27.9. The van der Waals surface area contributed by atoms with Crippen molar-refractivity contribution in [2.45, 2.75) is 44.2 Å². The number of aliphatic hydroxyl groups is 1. The Morgan fingerprint density at radius 1 is 1.36 bits per heavy atom. The Bertz CT molecular complexity index is 188. The van der Waals surface area contributed by atoms with Gasteiger partial charge in [0.05, 0.1) is 12.1 Å². The van der Waals surface area contributed by atoms with Gasteiger partial charge in [0.2, 0.25) is 0 Å². The van der Waals surface area contributed by atoms with Gasteiger partial charge in [0, 0.05) is 12.6 Å². The molecule has 14 heavy (non-hydrogen) atoms. The zero-order chi connectivity index (χ0) is 10.0. The molecule has 1 saturated heterocycles. The lowest BCUT2D eigenvalue weighted by Gasteiger charge is -2.33. The van der Waals surface area contributed by atoms with Crippen LogP contribution < -0.4 is 5.32 Å². The minimum Gasteiger partial charge on any atom is -0.394 e. The van der Waals surface area contributed by atoms with Crippen molar-refractivity contribution in [2.24, 2.45) is 0 Å². The minimum absolute atomic E-state index is 0.0779. The summed E-state index contributed by atoms with van der Waals surface area (Å²) in [5, 5.41) is 13.0. The first-order valence-corrected chi connectivity index (χ1v) is 5.83. The first-order valence-electron chi connectivity index (χ1n) is 5.83. The van der Waals surface area contributed by atoms with Gasteiger partial charge in [-0.25, -0.2) is 0 Å². The van der Waals surface area contributed by atoms with Crippen molar-refractivity contribution in [3.05, 3.63) is 0 Å². The van der Waals surface area contributed by atoms with Crippen molar-refractivity contribution in [1.29, 1.82) is 0 Å². The first kappa shape index (κ1) is 10.4. The summed E-state index contributed by atoms with van der Waals surface area (Å²) in [4.78, 5) is 2.46. The summed E-state index contributed by atoms with van der Waals surface area (Å²) in [5.41, 5.74) is -0.0779. The standard InChI is InChI=1S/C11H22N2O/c1-11(9-14,12-10-4-5-10)8-13-6-2-3-7-13/h10,12,14H,2-9H2,1H3. The molecule has 0 aromatic rings. The van der Waals surface area contributed by atoms with Gasteiger partial charge < -0.3 is 15.3 Å². The Hall–Kier alpha value is -0.120. The van der Waals surface area contributed by atoms with Crippen LogP contribution >= 0.6 is 0 Å². The lowest BCUT2D eigenvalue weighted by molar-refractivity contribution is 0.130. The predicted molar refractivity (Wildman–Crippen MR) is 57.3 cm³/mol. The van der Waals surface area contributed by atoms with Crippen LogP contribution in [0.3, 0.4) is 0 Å². The topological polar surface area (TPSA) is 35.5 Å². The Labute approximate surface area is 86.5 Å². The highest BCUT2D eigenvalue weighted by Crippen LogP contribution is 2.23. The van der Waals surface area contributed by atoms with Crippen molar-refractivity contribution >= 4 is 0 Å². The predicted octanol–water partition coefficient (Wildman–Crippen LogP) is 0.585. The van der Waals surface area contributed by atoms with E-state index in [9.17, 15) is 5.11 Å². The van der Waals surface area contributed by atoms with E-state index in [4.69, 9.17) is 0 Å². The van der Waals surface area contributed by atoms with E-state index in [1.54, 1.807) is 0 Å². The molecule has 2 rings (SSSR count). The third-order valence-corrected chi connectivity index (χ3v) is 3.25. The highest BCUT2D eigenvalue weighted by Gasteiger charge is 2.33. The van der Waals surface area contributed by atoms with Gasteiger partial charge in [0.15, 0.2) is 0 Å². The van der Waals surface area contributed by atoms with Crippen LogP contribution in [0.1, 0.15) is 32.6 Å². The molecule has 1 unspecified atom stereocenters. The van der Waals surface area contributed by atoms with Crippen molar-refractivity contribution in [3.8, 4) is 0 Å². The second-order valence-electron chi connectivity index (χ2n) is 5.12. The molecule has 0 amide bonds. The van der Waals surface area contributed by atoms with Crippen LogP contribution in [0.25, 0.3) is 0 Å². The monoisotopic (exact) mass is 198 g/mol. The first-order chi connectivity index (χ1) is 6.72. The van der Waals surface area contributed by atoms with E-state index in [0.29, 0.717) is 6.04 Å². The third-order valence-electron chi connectivity index (χ3n) is 3.25. The zero-order valence-corrected chi connectivity index (χ0v) is 9.13. The molecular formula is C11H22N2O. The van der Waals surface area contributed by atoms with E-state index >= 15 is 0 Å². The van der Waals surface area contributed by atoms with E-state index in [2.05, 4.69) is 17.1 Å². The quantitative estimate of drug-likeness (QED) is 0.678. The largest absolute Gasteiger partial charge is 0.394 e. The van der Waals surface area contributed by atoms with Gasteiger partial charge >= 0.3 is 0 Å². The van der Waals surface area contributed by atoms with Gasteiger partial charge in [0.25, 0.3) is 0 Å². The van der Waals surface area contributed by atoms with Crippen molar-refractivity contribution in [3.63, 3.8) is 0 Å². The molecule has 1 saturated carbocycles. The fourth-order valence-electron chi connectivity index (χ4n) is 2.30. The number of hydrogen-bond donors (Lipinski definition) is 2. The van der Waals surface area contributed by atoms with Crippen LogP contribution in [-0.2, 0) is 0 Å². The van der Waals surface area contributed by atoms with Crippen LogP contribution in [0.15, 0.2) is 0 Å². The van der Waals surface area contributed by atoms with Gasteiger partial charge in [-0.1, -0.05) is 0 Å². The Morgan fingerprint density at radius 3 is 2.50 bits per heavy atom. The zero-order valence-electron chi connectivity index (χ0n) is 9.13. The highest BCUT2D eigenvalue weighted by atomic mass is 16.3. The maximum absolute atomic E-state index is 9.43. The summed E-state index contributed by atoms with van der Waals surface area (Å²) in [6.07, 6.45) is 5.22. The molecule has 0 radical (unpaired) electrons. The molecule has 0 spiro atoms. The molecule has 2 aliphatic rings. The van der Waals surface area contributed by atoms with E-state index in [1.807, 2.05) is 0 Å².